The molecule has 2 aromatic carbocycles. The second kappa shape index (κ2) is 8.16. The molecule has 1 aliphatic heterocycles. The van der Waals surface area contributed by atoms with Gasteiger partial charge in [-0.2, -0.15) is 0 Å². The van der Waals surface area contributed by atoms with Crippen LogP contribution in [0, 0.1) is 0 Å². The smallest absolute Gasteiger partial charge is 0.261 e. The van der Waals surface area contributed by atoms with Crippen molar-refractivity contribution in [3.8, 4) is 5.75 Å². The minimum absolute atomic E-state index is 0.0359. The highest BCUT2D eigenvalue weighted by Crippen LogP contribution is 2.39. The molecule has 7 heteroatoms. The summed E-state index contributed by atoms with van der Waals surface area (Å²) in [5, 5.41) is 4.88. The first-order valence-corrected chi connectivity index (χ1v) is 10.4. The number of carbonyl (C=O) groups excluding carboxylic acids is 2. The van der Waals surface area contributed by atoms with Crippen molar-refractivity contribution < 1.29 is 14.3 Å². The van der Waals surface area contributed by atoms with Crippen molar-refractivity contribution in [3.63, 3.8) is 0 Å². The predicted molar refractivity (Wildman–Crippen MR) is 113 cm³/mol. The highest BCUT2D eigenvalue weighted by Gasteiger charge is 2.34. The molecule has 3 aromatic rings. The summed E-state index contributed by atoms with van der Waals surface area (Å²) >= 11 is 5.06. The second-order valence-corrected chi connectivity index (χ2v) is 8.22. The number of benzene rings is 2. The van der Waals surface area contributed by atoms with Crippen molar-refractivity contribution in [1.29, 1.82) is 0 Å². The zero-order chi connectivity index (χ0) is 19.5. The van der Waals surface area contributed by atoms with Crippen molar-refractivity contribution in [1.82, 2.24) is 4.90 Å². The summed E-state index contributed by atoms with van der Waals surface area (Å²) in [7, 11) is 0. The fourth-order valence-electron chi connectivity index (χ4n) is 3.21. The van der Waals surface area contributed by atoms with E-state index in [1.807, 2.05) is 53.9 Å². The van der Waals surface area contributed by atoms with Gasteiger partial charge >= 0.3 is 0 Å². The number of nitrogens with one attached hydrogen (secondary N) is 1. The van der Waals surface area contributed by atoms with E-state index in [0.29, 0.717) is 11.4 Å². The maximum absolute atomic E-state index is 13.1. The van der Waals surface area contributed by atoms with E-state index in [0.717, 1.165) is 14.9 Å². The van der Waals surface area contributed by atoms with Crippen molar-refractivity contribution in [2.75, 3.05) is 18.5 Å². The van der Waals surface area contributed by atoms with Gasteiger partial charge in [-0.1, -0.05) is 40.2 Å². The summed E-state index contributed by atoms with van der Waals surface area (Å²) in [6.07, 6.45) is 0. The van der Waals surface area contributed by atoms with Crippen LogP contribution in [-0.2, 0) is 9.59 Å². The Labute approximate surface area is 175 Å². The molecule has 1 aliphatic rings. The number of anilines is 1. The Balaban J connectivity index is 1.69. The van der Waals surface area contributed by atoms with Gasteiger partial charge in [-0.25, -0.2) is 0 Å². The fraction of sp³-hybridized carbons (Fsp3) is 0.143. The second-order valence-electron chi connectivity index (χ2n) is 6.32. The Kier molecular flexibility index (Phi) is 5.45. The Morgan fingerprint density at radius 2 is 2.00 bits per heavy atom. The molecule has 142 valence electrons. The molecular formula is C21H17BrN2O3S. The van der Waals surface area contributed by atoms with Crippen LogP contribution in [0.25, 0.3) is 0 Å². The minimum atomic E-state index is -0.363. The van der Waals surface area contributed by atoms with Crippen LogP contribution >= 0.6 is 27.3 Å². The van der Waals surface area contributed by atoms with Crippen LogP contribution in [-0.4, -0.2) is 29.9 Å². The molecule has 28 heavy (non-hydrogen) atoms. The maximum atomic E-state index is 13.1. The van der Waals surface area contributed by atoms with E-state index in [2.05, 4.69) is 21.2 Å². The highest BCUT2D eigenvalue weighted by molar-refractivity contribution is 9.10. The van der Waals surface area contributed by atoms with Crippen LogP contribution < -0.4 is 10.1 Å². The van der Waals surface area contributed by atoms with Crippen LogP contribution in [0.3, 0.4) is 0 Å². The summed E-state index contributed by atoms with van der Waals surface area (Å²) in [5.74, 6) is 0.145. The van der Waals surface area contributed by atoms with Crippen LogP contribution in [0.4, 0.5) is 5.69 Å². The number of amides is 2. The summed E-state index contributed by atoms with van der Waals surface area (Å²) < 4.78 is 6.53. The van der Waals surface area contributed by atoms with E-state index < -0.39 is 0 Å². The van der Waals surface area contributed by atoms with E-state index in [-0.39, 0.29) is 31.0 Å². The van der Waals surface area contributed by atoms with Gasteiger partial charge in [-0.3, -0.25) is 9.59 Å². The van der Waals surface area contributed by atoms with Gasteiger partial charge in [0.25, 0.3) is 5.91 Å². The van der Waals surface area contributed by atoms with E-state index in [1.165, 1.54) is 0 Å². The first-order chi connectivity index (χ1) is 13.6. The van der Waals surface area contributed by atoms with E-state index in [1.54, 1.807) is 28.4 Å². The van der Waals surface area contributed by atoms with Crippen LogP contribution in [0.2, 0.25) is 0 Å². The molecule has 0 radical (unpaired) electrons. The van der Waals surface area contributed by atoms with Crippen LogP contribution in [0.1, 0.15) is 16.5 Å². The lowest BCUT2D eigenvalue weighted by molar-refractivity contribution is -0.138. The number of rotatable bonds is 4. The molecule has 1 N–H and O–H groups in total. The Morgan fingerprint density at radius 3 is 2.75 bits per heavy atom. The zero-order valence-electron chi connectivity index (χ0n) is 14.8. The Morgan fingerprint density at radius 1 is 1.18 bits per heavy atom. The molecule has 2 amide bonds. The monoisotopic (exact) mass is 456 g/mol. The molecule has 0 aliphatic carbocycles. The minimum Gasteiger partial charge on any atom is -0.484 e. The number of fused-ring (bicyclic) bond motifs is 1. The van der Waals surface area contributed by atoms with E-state index in [9.17, 15) is 9.59 Å². The maximum Gasteiger partial charge on any atom is 0.261 e. The normalized spacial score (nSPS) is 16.1. The molecule has 1 unspecified atom stereocenters. The third kappa shape index (κ3) is 3.95. The average molecular weight is 457 g/mol. The van der Waals surface area contributed by atoms with E-state index >= 15 is 0 Å². The van der Waals surface area contributed by atoms with Gasteiger partial charge in [0.1, 0.15) is 12.3 Å². The summed E-state index contributed by atoms with van der Waals surface area (Å²) in [4.78, 5) is 28.1. The van der Waals surface area contributed by atoms with Crippen molar-refractivity contribution in [3.05, 3.63) is 81.0 Å². The Bertz CT molecular complexity index is 992. The number of carbonyl (C=O) groups is 2. The molecule has 0 bridgehead atoms. The molecule has 0 fully saturated rings. The quantitative estimate of drug-likeness (QED) is 0.630. The first-order valence-electron chi connectivity index (χ1n) is 8.72. The lowest BCUT2D eigenvalue weighted by atomic mass is 10.0. The van der Waals surface area contributed by atoms with Gasteiger partial charge in [-0.05, 0) is 41.8 Å². The number of ether oxygens (including phenoxy) is 1. The third-order valence-electron chi connectivity index (χ3n) is 4.45. The highest BCUT2D eigenvalue weighted by atomic mass is 79.9. The molecule has 1 aromatic heterocycles. The standard InChI is InChI=1S/C21H17BrN2O3S/c22-14-8-9-17-16(11-14)21(18-7-4-10-28-18)24(12-19(25)23-17)20(26)13-27-15-5-2-1-3-6-15/h1-11,21H,12-13H2,(H,23,25). The molecule has 1 atom stereocenters. The van der Waals surface area contributed by atoms with Crippen molar-refractivity contribution in [2.24, 2.45) is 0 Å². The first kappa shape index (κ1) is 18.7. The zero-order valence-corrected chi connectivity index (χ0v) is 17.2. The molecule has 0 saturated heterocycles. The molecule has 2 heterocycles. The van der Waals surface area contributed by atoms with Crippen LogP contribution in [0.15, 0.2) is 70.5 Å². The number of halogens is 1. The molecule has 0 spiro atoms. The topological polar surface area (TPSA) is 58.6 Å². The summed E-state index contributed by atoms with van der Waals surface area (Å²) in [6.45, 7) is -0.172. The molecule has 4 rings (SSSR count). The number of hydrogen-bond donors (Lipinski definition) is 1. The third-order valence-corrected chi connectivity index (χ3v) is 5.86. The summed E-state index contributed by atoms with van der Waals surface area (Å²) in [5.41, 5.74) is 1.58. The number of nitrogens with zero attached hydrogens (tertiary/aromatic N) is 1. The lowest BCUT2D eigenvalue weighted by Crippen LogP contribution is -2.41. The number of hydrogen-bond acceptors (Lipinski definition) is 4. The SMILES string of the molecule is O=C1CN(C(=O)COc2ccccc2)C(c2cccs2)c2cc(Br)ccc2N1. The van der Waals surface area contributed by atoms with Gasteiger partial charge in [0, 0.05) is 20.6 Å². The van der Waals surface area contributed by atoms with Gasteiger partial charge < -0.3 is 15.0 Å². The van der Waals surface area contributed by atoms with Gasteiger partial charge in [0.2, 0.25) is 5.91 Å². The van der Waals surface area contributed by atoms with Gasteiger partial charge in [-0.15, -0.1) is 11.3 Å². The predicted octanol–water partition coefficient (Wildman–Crippen LogP) is 4.46. The Hall–Kier alpha value is -2.64. The number of thiophene rings is 1. The molecule has 0 saturated carbocycles. The fourth-order valence-corrected chi connectivity index (χ4v) is 4.44. The molecule has 5 nitrogen and oxygen atoms in total. The van der Waals surface area contributed by atoms with Crippen molar-refractivity contribution >= 4 is 44.8 Å². The number of para-hydroxylation sites is 1. The largest absolute Gasteiger partial charge is 0.484 e. The van der Waals surface area contributed by atoms with Gasteiger partial charge in [0.15, 0.2) is 6.61 Å². The van der Waals surface area contributed by atoms with Crippen LogP contribution in [0.5, 0.6) is 5.75 Å². The summed E-state index contributed by atoms with van der Waals surface area (Å²) in [6, 6.07) is 18.4. The molecular weight excluding hydrogens is 440 g/mol. The van der Waals surface area contributed by atoms with E-state index in [4.69, 9.17) is 4.74 Å². The average Bonchev–Trinajstić information content (AvgIpc) is 3.18. The lowest BCUT2D eigenvalue weighted by Gasteiger charge is -2.29. The van der Waals surface area contributed by atoms with Gasteiger partial charge in [0.05, 0.1) is 6.04 Å². The van der Waals surface area contributed by atoms with Crippen molar-refractivity contribution in [2.45, 2.75) is 6.04 Å².